The number of anilines is 1. The van der Waals surface area contributed by atoms with E-state index in [2.05, 4.69) is 40.5 Å². The number of hydrogen-bond donors (Lipinski definition) is 1. The summed E-state index contributed by atoms with van der Waals surface area (Å²) in [5, 5.41) is 8.80. The molecular formula is C12H19N5S. The van der Waals surface area contributed by atoms with Gasteiger partial charge < -0.3 is 5.32 Å². The molecular weight excluding hydrogens is 246 g/mol. The molecule has 0 aliphatic heterocycles. The molecule has 1 atom stereocenters. The fourth-order valence-corrected chi connectivity index (χ4v) is 2.80. The summed E-state index contributed by atoms with van der Waals surface area (Å²) in [6.07, 6.45) is 0.992. The van der Waals surface area contributed by atoms with Gasteiger partial charge in [0.2, 0.25) is 5.13 Å². The molecule has 18 heavy (non-hydrogen) atoms. The average Bonchev–Trinajstić information content (AvgIpc) is 2.82. The third-order valence-electron chi connectivity index (χ3n) is 3.15. The Morgan fingerprint density at radius 2 is 2.06 bits per heavy atom. The number of aryl methyl sites for hydroxylation is 3. The van der Waals surface area contributed by atoms with E-state index in [4.69, 9.17) is 0 Å². The topological polar surface area (TPSA) is 55.6 Å². The molecule has 5 nitrogen and oxygen atoms in total. The first-order valence-corrected chi connectivity index (χ1v) is 6.87. The highest BCUT2D eigenvalue weighted by atomic mass is 32.1. The van der Waals surface area contributed by atoms with Crippen LogP contribution in [0.1, 0.15) is 42.2 Å². The van der Waals surface area contributed by atoms with Gasteiger partial charge >= 0.3 is 0 Å². The quantitative estimate of drug-likeness (QED) is 0.923. The number of aromatic nitrogens is 4. The minimum atomic E-state index is 0.242. The van der Waals surface area contributed by atoms with Crippen molar-refractivity contribution in [2.45, 2.75) is 40.2 Å². The van der Waals surface area contributed by atoms with Gasteiger partial charge in [0.1, 0.15) is 5.82 Å². The molecule has 0 radical (unpaired) electrons. The molecule has 1 N–H and O–H groups in total. The molecule has 0 aliphatic rings. The lowest BCUT2D eigenvalue weighted by Crippen LogP contribution is -2.11. The van der Waals surface area contributed by atoms with Crippen molar-refractivity contribution < 1.29 is 0 Å². The summed E-state index contributed by atoms with van der Waals surface area (Å²) in [4.78, 5) is 4.36. The summed E-state index contributed by atoms with van der Waals surface area (Å²) < 4.78 is 6.13. The lowest BCUT2D eigenvalue weighted by Gasteiger charge is -2.16. The van der Waals surface area contributed by atoms with E-state index >= 15 is 0 Å². The molecule has 0 amide bonds. The van der Waals surface area contributed by atoms with Crippen LogP contribution in [0, 0.1) is 20.8 Å². The Bertz CT molecular complexity index is 543. The third kappa shape index (κ3) is 2.38. The van der Waals surface area contributed by atoms with Gasteiger partial charge in [-0.05, 0) is 27.2 Å². The maximum absolute atomic E-state index is 4.47. The zero-order valence-corrected chi connectivity index (χ0v) is 12.3. The molecule has 98 valence electrons. The highest BCUT2D eigenvalue weighted by molar-refractivity contribution is 7.09. The zero-order valence-electron chi connectivity index (χ0n) is 11.5. The van der Waals surface area contributed by atoms with Crippen LogP contribution in [0.2, 0.25) is 0 Å². The van der Waals surface area contributed by atoms with Crippen molar-refractivity contribution in [3.05, 3.63) is 22.8 Å². The van der Waals surface area contributed by atoms with Gasteiger partial charge in [-0.1, -0.05) is 6.92 Å². The molecule has 2 heterocycles. The van der Waals surface area contributed by atoms with Gasteiger partial charge in [-0.2, -0.15) is 9.47 Å². The maximum Gasteiger partial charge on any atom is 0.203 e. The summed E-state index contributed by atoms with van der Waals surface area (Å²) in [6.45, 7) is 8.23. The summed E-state index contributed by atoms with van der Waals surface area (Å²) in [6, 6.07) is 0.242. The van der Waals surface area contributed by atoms with Crippen LogP contribution in [0.4, 0.5) is 5.13 Å². The molecule has 1 unspecified atom stereocenters. The van der Waals surface area contributed by atoms with Crippen LogP contribution in [0.15, 0.2) is 0 Å². The van der Waals surface area contributed by atoms with E-state index in [1.54, 1.807) is 0 Å². The fraction of sp³-hybridized carbons (Fsp3) is 0.583. The lowest BCUT2D eigenvalue weighted by atomic mass is 10.0. The molecule has 0 spiro atoms. The Labute approximate surface area is 111 Å². The first-order valence-electron chi connectivity index (χ1n) is 6.09. The van der Waals surface area contributed by atoms with Gasteiger partial charge in [0.05, 0.1) is 11.7 Å². The summed E-state index contributed by atoms with van der Waals surface area (Å²) in [7, 11) is 1.98. The van der Waals surface area contributed by atoms with Gasteiger partial charge in [0.15, 0.2) is 0 Å². The number of nitrogens with one attached hydrogen (secondary N) is 1. The predicted octanol–water partition coefficient (Wildman–Crippen LogP) is 2.76. The van der Waals surface area contributed by atoms with Gasteiger partial charge in [0.25, 0.3) is 0 Å². The Balaban J connectivity index is 2.28. The number of hydrogen-bond acceptors (Lipinski definition) is 5. The van der Waals surface area contributed by atoms with Crippen LogP contribution in [0.5, 0.6) is 0 Å². The Morgan fingerprint density at radius 3 is 2.50 bits per heavy atom. The second-order valence-electron chi connectivity index (χ2n) is 4.46. The van der Waals surface area contributed by atoms with E-state index < -0.39 is 0 Å². The smallest absolute Gasteiger partial charge is 0.203 e. The minimum absolute atomic E-state index is 0.242. The second kappa shape index (κ2) is 5.06. The van der Waals surface area contributed by atoms with Crippen LogP contribution in [-0.4, -0.2) is 19.1 Å². The van der Waals surface area contributed by atoms with Crippen LogP contribution in [0.3, 0.4) is 0 Å². The van der Waals surface area contributed by atoms with Gasteiger partial charge in [0, 0.05) is 29.8 Å². The summed E-state index contributed by atoms with van der Waals surface area (Å²) >= 11 is 1.41. The highest BCUT2D eigenvalue weighted by Crippen LogP contribution is 2.28. The van der Waals surface area contributed by atoms with Crippen molar-refractivity contribution in [3.8, 4) is 0 Å². The van der Waals surface area contributed by atoms with E-state index in [1.807, 2.05) is 18.7 Å². The average molecular weight is 265 g/mol. The highest BCUT2D eigenvalue weighted by Gasteiger charge is 2.19. The number of nitrogens with zero attached hydrogens (tertiary/aromatic N) is 4. The van der Waals surface area contributed by atoms with E-state index in [9.17, 15) is 0 Å². The van der Waals surface area contributed by atoms with Crippen LogP contribution >= 0.6 is 11.5 Å². The normalized spacial score (nSPS) is 12.7. The standard InChI is InChI=1S/C12H19N5S/c1-6-10(14-12-13-9(4)16-18-12)11-7(2)15-17(5)8(11)3/h10H,6H2,1-5H3,(H,13,14,16). The van der Waals surface area contributed by atoms with E-state index in [0.29, 0.717) is 0 Å². The molecule has 0 saturated carbocycles. The predicted molar refractivity (Wildman–Crippen MR) is 74.0 cm³/mol. The van der Waals surface area contributed by atoms with E-state index in [-0.39, 0.29) is 6.04 Å². The molecule has 0 aromatic carbocycles. The lowest BCUT2D eigenvalue weighted by molar-refractivity contribution is 0.715. The molecule has 0 aliphatic carbocycles. The van der Waals surface area contributed by atoms with Crippen molar-refractivity contribution in [2.24, 2.45) is 7.05 Å². The fourth-order valence-electron chi connectivity index (χ4n) is 2.18. The van der Waals surface area contributed by atoms with Crippen molar-refractivity contribution >= 4 is 16.7 Å². The summed E-state index contributed by atoms with van der Waals surface area (Å²) in [5.74, 6) is 0.817. The second-order valence-corrected chi connectivity index (χ2v) is 5.21. The van der Waals surface area contributed by atoms with Crippen molar-refractivity contribution in [1.82, 2.24) is 19.1 Å². The van der Waals surface area contributed by atoms with Crippen LogP contribution in [-0.2, 0) is 7.05 Å². The molecule has 2 aromatic heterocycles. The molecule has 2 aromatic rings. The monoisotopic (exact) mass is 265 g/mol. The molecule has 6 heteroatoms. The first-order chi connectivity index (χ1) is 8.52. The van der Waals surface area contributed by atoms with Crippen molar-refractivity contribution in [3.63, 3.8) is 0 Å². The van der Waals surface area contributed by atoms with Crippen LogP contribution in [0.25, 0.3) is 0 Å². The van der Waals surface area contributed by atoms with Gasteiger partial charge in [-0.25, -0.2) is 4.98 Å². The first kappa shape index (κ1) is 13.0. The largest absolute Gasteiger partial charge is 0.353 e. The van der Waals surface area contributed by atoms with E-state index in [1.165, 1.54) is 22.8 Å². The summed E-state index contributed by atoms with van der Waals surface area (Å²) in [5.41, 5.74) is 3.55. The zero-order chi connectivity index (χ0) is 13.3. The van der Waals surface area contributed by atoms with Crippen LogP contribution < -0.4 is 5.32 Å². The SMILES string of the molecule is CCC(Nc1nc(C)ns1)c1c(C)nn(C)c1C. The molecule has 0 saturated heterocycles. The third-order valence-corrected chi connectivity index (χ3v) is 3.88. The Kier molecular flexibility index (Phi) is 3.65. The van der Waals surface area contributed by atoms with Gasteiger partial charge in [-0.15, -0.1) is 0 Å². The van der Waals surface area contributed by atoms with Crippen molar-refractivity contribution in [1.29, 1.82) is 0 Å². The Morgan fingerprint density at radius 1 is 1.33 bits per heavy atom. The minimum Gasteiger partial charge on any atom is -0.353 e. The Hall–Kier alpha value is -1.43. The maximum atomic E-state index is 4.47. The molecule has 0 fully saturated rings. The molecule has 2 rings (SSSR count). The van der Waals surface area contributed by atoms with Gasteiger partial charge in [-0.3, -0.25) is 4.68 Å². The molecule has 0 bridgehead atoms. The number of rotatable bonds is 4. The van der Waals surface area contributed by atoms with E-state index in [0.717, 1.165) is 23.1 Å². The van der Waals surface area contributed by atoms with Crippen molar-refractivity contribution in [2.75, 3.05) is 5.32 Å².